The Morgan fingerprint density at radius 3 is 2.04 bits per heavy atom. The second-order valence-electron chi connectivity index (χ2n) is 5.30. The predicted octanol–water partition coefficient (Wildman–Crippen LogP) is 4.19. The van der Waals surface area contributed by atoms with E-state index in [0.29, 0.717) is 15.7 Å². The summed E-state index contributed by atoms with van der Waals surface area (Å²) in [6, 6.07) is 10.2. The first-order valence-electron chi connectivity index (χ1n) is 7.83. The third-order valence-corrected chi connectivity index (χ3v) is 5.16. The maximum Gasteiger partial charge on any atom is 0.325 e. The SMILES string of the molecule is O=C(CSc1nnc(NC(=O)Nc2ccc(F)cc2)s1)Nc1ccc(F)cc1. The van der Waals surface area contributed by atoms with Crippen molar-refractivity contribution in [3.05, 3.63) is 60.2 Å². The molecule has 3 amide bonds. The minimum Gasteiger partial charge on any atom is -0.325 e. The molecule has 0 aliphatic rings. The number of amides is 3. The van der Waals surface area contributed by atoms with Crippen LogP contribution in [-0.4, -0.2) is 27.9 Å². The van der Waals surface area contributed by atoms with Crippen molar-refractivity contribution in [3.63, 3.8) is 0 Å². The maximum atomic E-state index is 12.9. The molecule has 11 heteroatoms. The van der Waals surface area contributed by atoms with Crippen LogP contribution in [0.3, 0.4) is 0 Å². The number of nitrogens with one attached hydrogen (secondary N) is 3. The Morgan fingerprint density at radius 1 is 0.857 bits per heavy atom. The van der Waals surface area contributed by atoms with Gasteiger partial charge in [0.05, 0.1) is 5.75 Å². The number of thioether (sulfide) groups is 1. The number of halogens is 2. The Morgan fingerprint density at radius 2 is 1.43 bits per heavy atom. The van der Waals surface area contributed by atoms with Crippen LogP contribution in [0.1, 0.15) is 0 Å². The highest BCUT2D eigenvalue weighted by Gasteiger charge is 2.11. The number of anilines is 3. The third kappa shape index (κ3) is 5.99. The Labute approximate surface area is 166 Å². The lowest BCUT2D eigenvalue weighted by atomic mass is 10.3. The first-order valence-corrected chi connectivity index (χ1v) is 9.63. The molecule has 2 aromatic carbocycles. The summed E-state index contributed by atoms with van der Waals surface area (Å²) in [4.78, 5) is 23.8. The van der Waals surface area contributed by atoms with Crippen molar-refractivity contribution >= 4 is 51.5 Å². The summed E-state index contributed by atoms with van der Waals surface area (Å²) in [5.41, 5.74) is 0.916. The molecule has 0 atom stereocenters. The van der Waals surface area contributed by atoms with Crippen molar-refractivity contribution in [1.82, 2.24) is 10.2 Å². The quantitative estimate of drug-likeness (QED) is 0.410. The highest BCUT2D eigenvalue weighted by Crippen LogP contribution is 2.25. The summed E-state index contributed by atoms with van der Waals surface area (Å²) in [5.74, 6) is -0.992. The van der Waals surface area contributed by atoms with E-state index in [4.69, 9.17) is 0 Å². The van der Waals surface area contributed by atoms with Gasteiger partial charge in [0.1, 0.15) is 11.6 Å². The Kier molecular flexibility index (Phi) is 6.50. The maximum absolute atomic E-state index is 12.9. The first-order chi connectivity index (χ1) is 13.5. The fraction of sp³-hybridized carbons (Fsp3) is 0.0588. The van der Waals surface area contributed by atoms with Crippen LogP contribution in [0.5, 0.6) is 0 Å². The molecule has 0 spiro atoms. The third-order valence-electron chi connectivity index (χ3n) is 3.18. The molecule has 0 radical (unpaired) electrons. The second kappa shape index (κ2) is 9.24. The van der Waals surface area contributed by atoms with E-state index in [1.54, 1.807) is 0 Å². The number of benzene rings is 2. The number of hydrogen-bond acceptors (Lipinski definition) is 6. The molecule has 0 aliphatic carbocycles. The largest absolute Gasteiger partial charge is 0.325 e. The number of carbonyl (C=O) groups excluding carboxylic acids is 2. The lowest BCUT2D eigenvalue weighted by Crippen LogP contribution is -2.19. The predicted molar refractivity (Wildman–Crippen MR) is 105 cm³/mol. The van der Waals surface area contributed by atoms with Gasteiger partial charge in [0.15, 0.2) is 4.34 Å². The van der Waals surface area contributed by atoms with Gasteiger partial charge in [-0.3, -0.25) is 10.1 Å². The molecule has 0 saturated heterocycles. The Hall–Kier alpha value is -3.05. The van der Waals surface area contributed by atoms with Gasteiger partial charge >= 0.3 is 6.03 Å². The van der Waals surface area contributed by atoms with Gasteiger partial charge in [0.2, 0.25) is 11.0 Å². The average Bonchev–Trinajstić information content (AvgIpc) is 3.11. The van der Waals surface area contributed by atoms with Crippen LogP contribution in [0.15, 0.2) is 52.9 Å². The summed E-state index contributed by atoms with van der Waals surface area (Å²) < 4.78 is 26.2. The molecule has 144 valence electrons. The summed E-state index contributed by atoms with van der Waals surface area (Å²) in [6.45, 7) is 0. The number of urea groups is 1. The van der Waals surface area contributed by atoms with Crippen molar-refractivity contribution in [3.8, 4) is 0 Å². The summed E-state index contributed by atoms with van der Waals surface area (Å²) in [5, 5.41) is 15.6. The average molecular weight is 421 g/mol. The van der Waals surface area contributed by atoms with E-state index in [1.807, 2.05) is 0 Å². The van der Waals surface area contributed by atoms with Gasteiger partial charge in [0.25, 0.3) is 0 Å². The molecule has 0 saturated carbocycles. The molecule has 3 aromatic rings. The smallest absolute Gasteiger partial charge is 0.325 e. The van der Waals surface area contributed by atoms with E-state index in [2.05, 4.69) is 26.1 Å². The molecule has 0 bridgehead atoms. The monoisotopic (exact) mass is 421 g/mol. The van der Waals surface area contributed by atoms with Crippen molar-refractivity contribution in [2.75, 3.05) is 21.7 Å². The molecule has 3 N–H and O–H groups in total. The minimum atomic E-state index is -0.548. The molecule has 3 rings (SSSR count). The molecular formula is C17H13F2N5O2S2. The van der Waals surface area contributed by atoms with Crippen LogP contribution >= 0.6 is 23.1 Å². The molecule has 1 aromatic heterocycles. The highest BCUT2D eigenvalue weighted by molar-refractivity contribution is 8.01. The van der Waals surface area contributed by atoms with Crippen LogP contribution < -0.4 is 16.0 Å². The van der Waals surface area contributed by atoms with E-state index in [9.17, 15) is 18.4 Å². The fourth-order valence-corrected chi connectivity index (χ4v) is 3.52. The van der Waals surface area contributed by atoms with Crippen molar-refractivity contribution in [1.29, 1.82) is 0 Å². The standard InChI is InChI=1S/C17H13F2N5O2S2/c18-10-1-5-12(6-2-10)20-14(25)9-27-17-24-23-16(28-17)22-15(26)21-13-7-3-11(19)4-8-13/h1-8H,9H2,(H,20,25)(H2,21,22,23,26). The van der Waals surface area contributed by atoms with E-state index >= 15 is 0 Å². The number of carbonyl (C=O) groups is 2. The number of nitrogens with zero attached hydrogens (tertiary/aromatic N) is 2. The zero-order valence-electron chi connectivity index (χ0n) is 14.1. The number of rotatable bonds is 6. The van der Waals surface area contributed by atoms with Crippen molar-refractivity contribution in [2.24, 2.45) is 0 Å². The van der Waals surface area contributed by atoms with Gasteiger partial charge in [-0.2, -0.15) is 0 Å². The van der Waals surface area contributed by atoms with Crippen LogP contribution in [0.2, 0.25) is 0 Å². The molecule has 0 unspecified atom stereocenters. The second-order valence-corrected chi connectivity index (χ2v) is 7.50. The minimum absolute atomic E-state index is 0.0772. The lowest BCUT2D eigenvalue weighted by molar-refractivity contribution is -0.113. The Bertz CT molecular complexity index is 964. The Balaban J connectivity index is 1.45. The van der Waals surface area contributed by atoms with Gasteiger partial charge < -0.3 is 10.6 Å². The van der Waals surface area contributed by atoms with Gasteiger partial charge in [-0.25, -0.2) is 13.6 Å². The van der Waals surface area contributed by atoms with Crippen LogP contribution in [0.4, 0.5) is 30.1 Å². The normalized spacial score (nSPS) is 10.4. The van der Waals surface area contributed by atoms with Crippen molar-refractivity contribution in [2.45, 2.75) is 4.34 Å². The van der Waals surface area contributed by atoms with Gasteiger partial charge in [0, 0.05) is 11.4 Å². The van der Waals surface area contributed by atoms with Crippen LogP contribution in [0, 0.1) is 11.6 Å². The van der Waals surface area contributed by atoms with Gasteiger partial charge in [-0.15, -0.1) is 10.2 Å². The van der Waals surface area contributed by atoms with E-state index < -0.39 is 11.8 Å². The summed E-state index contributed by atoms with van der Waals surface area (Å²) in [7, 11) is 0. The van der Waals surface area contributed by atoms with E-state index in [0.717, 1.165) is 23.1 Å². The highest BCUT2D eigenvalue weighted by atomic mass is 32.2. The first kappa shape index (κ1) is 19.7. The zero-order chi connectivity index (χ0) is 19.9. The topological polar surface area (TPSA) is 96.0 Å². The van der Waals surface area contributed by atoms with Crippen LogP contribution in [0.25, 0.3) is 0 Å². The zero-order valence-corrected chi connectivity index (χ0v) is 15.7. The van der Waals surface area contributed by atoms with Gasteiger partial charge in [-0.1, -0.05) is 23.1 Å². The van der Waals surface area contributed by atoms with E-state index in [-0.39, 0.29) is 22.6 Å². The molecular weight excluding hydrogens is 408 g/mol. The molecule has 1 heterocycles. The van der Waals surface area contributed by atoms with E-state index in [1.165, 1.54) is 48.5 Å². The molecule has 28 heavy (non-hydrogen) atoms. The molecule has 7 nitrogen and oxygen atoms in total. The fourth-order valence-electron chi connectivity index (χ4n) is 1.97. The van der Waals surface area contributed by atoms with Crippen LogP contribution in [-0.2, 0) is 4.79 Å². The van der Waals surface area contributed by atoms with Crippen molar-refractivity contribution < 1.29 is 18.4 Å². The molecule has 0 fully saturated rings. The summed E-state index contributed by atoms with van der Waals surface area (Å²) in [6.07, 6.45) is 0. The van der Waals surface area contributed by atoms with Gasteiger partial charge in [-0.05, 0) is 48.5 Å². The number of hydrogen-bond donors (Lipinski definition) is 3. The summed E-state index contributed by atoms with van der Waals surface area (Å²) >= 11 is 2.25. The number of aromatic nitrogens is 2. The lowest BCUT2D eigenvalue weighted by Gasteiger charge is -2.04. The molecule has 0 aliphatic heterocycles.